The van der Waals surface area contributed by atoms with E-state index in [9.17, 15) is 0 Å². The number of rotatable bonds is 2. The van der Waals surface area contributed by atoms with Gasteiger partial charge in [-0.2, -0.15) is 0 Å². The van der Waals surface area contributed by atoms with E-state index in [0.717, 1.165) is 11.9 Å². The monoisotopic (exact) mass is 292 g/mol. The minimum Gasteiger partial charge on any atom is -0.353 e. The van der Waals surface area contributed by atoms with Crippen molar-refractivity contribution in [2.45, 2.75) is 84.2 Å². The number of hydrazine groups is 1. The first kappa shape index (κ1) is 15.1. The first-order chi connectivity index (χ1) is 9.95. The zero-order valence-electron chi connectivity index (χ0n) is 13.9. The van der Waals surface area contributed by atoms with Crippen LogP contribution in [0.3, 0.4) is 0 Å². The van der Waals surface area contributed by atoms with Gasteiger partial charge in [0.05, 0.1) is 6.04 Å². The maximum absolute atomic E-state index is 5.75. The van der Waals surface area contributed by atoms with Gasteiger partial charge in [0.15, 0.2) is 0 Å². The van der Waals surface area contributed by atoms with Crippen LogP contribution in [0.4, 0.5) is 0 Å². The Kier molecular flexibility index (Phi) is 3.93. The third kappa shape index (κ3) is 2.67. The summed E-state index contributed by atoms with van der Waals surface area (Å²) in [5.74, 6) is 7.39. The van der Waals surface area contributed by atoms with Gasteiger partial charge in [-0.05, 0) is 48.9 Å². The SMILES string of the molecule is CC12CCC(C1)C(C)(C)C2N=C(NN)NC1CCCCC1. The van der Waals surface area contributed by atoms with E-state index in [1.54, 1.807) is 0 Å². The summed E-state index contributed by atoms with van der Waals surface area (Å²) in [6.07, 6.45) is 10.5. The van der Waals surface area contributed by atoms with Gasteiger partial charge in [0.1, 0.15) is 0 Å². The summed E-state index contributed by atoms with van der Waals surface area (Å²) in [7, 11) is 0. The Hall–Kier alpha value is -0.770. The molecule has 0 radical (unpaired) electrons. The zero-order chi connectivity index (χ0) is 15.1. The van der Waals surface area contributed by atoms with Gasteiger partial charge in [0.2, 0.25) is 5.96 Å². The van der Waals surface area contributed by atoms with Crippen LogP contribution in [0.2, 0.25) is 0 Å². The van der Waals surface area contributed by atoms with E-state index < -0.39 is 0 Å². The molecule has 0 heterocycles. The number of nitrogens with one attached hydrogen (secondary N) is 2. The number of hydrogen-bond acceptors (Lipinski definition) is 2. The zero-order valence-corrected chi connectivity index (χ0v) is 13.9. The fourth-order valence-electron chi connectivity index (χ4n) is 5.28. The van der Waals surface area contributed by atoms with Crippen molar-refractivity contribution in [1.29, 1.82) is 0 Å². The van der Waals surface area contributed by atoms with Crippen LogP contribution in [-0.4, -0.2) is 18.0 Å². The van der Waals surface area contributed by atoms with E-state index in [1.165, 1.54) is 51.4 Å². The fraction of sp³-hybridized carbons (Fsp3) is 0.941. The Balaban J connectivity index is 1.74. The Bertz CT molecular complexity index is 406. The summed E-state index contributed by atoms with van der Waals surface area (Å²) < 4.78 is 0. The van der Waals surface area contributed by atoms with Crippen molar-refractivity contribution >= 4 is 5.96 Å². The second kappa shape index (κ2) is 5.45. The van der Waals surface area contributed by atoms with Crippen molar-refractivity contribution in [3.05, 3.63) is 0 Å². The maximum Gasteiger partial charge on any atom is 0.206 e. The molecule has 0 spiro atoms. The molecule has 21 heavy (non-hydrogen) atoms. The lowest BCUT2D eigenvalue weighted by Crippen LogP contribution is -2.49. The normalized spacial score (nSPS) is 39.5. The Morgan fingerprint density at radius 2 is 1.81 bits per heavy atom. The van der Waals surface area contributed by atoms with Crippen LogP contribution < -0.4 is 16.6 Å². The summed E-state index contributed by atoms with van der Waals surface area (Å²) >= 11 is 0. The summed E-state index contributed by atoms with van der Waals surface area (Å²) in [6, 6.07) is 0.925. The Labute approximate surface area is 129 Å². The van der Waals surface area contributed by atoms with Gasteiger partial charge in [0, 0.05) is 6.04 Å². The molecule has 3 saturated carbocycles. The third-order valence-corrected chi connectivity index (χ3v) is 6.53. The van der Waals surface area contributed by atoms with E-state index in [1.807, 2.05) is 0 Å². The molecule has 3 aliphatic rings. The Morgan fingerprint density at radius 3 is 2.38 bits per heavy atom. The summed E-state index contributed by atoms with van der Waals surface area (Å²) in [5.41, 5.74) is 3.49. The second-order valence-electron chi connectivity index (χ2n) is 8.42. The van der Waals surface area contributed by atoms with E-state index in [0.29, 0.717) is 22.9 Å². The molecule has 0 amide bonds. The van der Waals surface area contributed by atoms with Gasteiger partial charge in [-0.3, -0.25) is 5.43 Å². The molecule has 0 aromatic heterocycles. The van der Waals surface area contributed by atoms with Gasteiger partial charge in [-0.15, -0.1) is 0 Å². The smallest absolute Gasteiger partial charge is 0.206 e. The van der Waals surface area contributed by atoms with E-state index in [2.05, 4.69) is 31.5 Å². The number of nitrogens with two attached hydrogens (primary N) is 1. The molecule has 0 aliphatic heterocycles. The predicted octanol–water partition coefficient (Wildman–Crippen LogP) is 2.94. The quantitative estimate of drug-likeness (QED) is 0.317. The molecule has 2 bridgehead atoms. The fourth-order valence-corrected chi connectivity index (χ4v) is 5.28. The van der Waals surface area contributed by atoms with Crippen molar-refractivity contribution in [2.24, 2.45) is 27.6 Å². The summed E-state index contributed by atoms with van der Waals surface area (Å²) in [5, 5.41) is 3.56. The van der Waals surface area contributed by atoms with Gasteiger partial charge in [0.25, 0.3) is 0 Å². The number of nitrogens with zero attached hydrogens (tertiary/aromatic N) is 1. The molecule has 0 aromatic carbocycles. The van der Waals surface area contributed by atoms with Gasteiger partial charge in [-0.25, -0.2) is 10.8 Å². The molecular weight excluding hydrogens is 260 g/mol. The van der Waals surface area contributed by atoms with Crippen molar-refractivity contribution < 1.29 is 0 Å². The lowest BCUT2D eigenvalue weighted by Gasteiger charge is -2.40. The van der Waals surface area contributed by atoms with E-state index in [4.69, 9.17) is 10.8 Å². The molecular formula is C17H32N4. The van der Waals surface area contributed by atoms with Crippen LogP contribution in [0.1, 0.15) is 72.1 Å². The molecule has 0 aromatic rings. The molecule has 3 aliphatic carbocycles. The highest BCUT2D eigenvalue weighted by molar-refractivity contribution is 5.79. The molecule has 3 fully saturated rings. The maximum atomic E-state index is 5.75. The van der Waals surface area contributed by atoms with Crippen molar-refractivity contribution in [2.75, 3.05) is 0 Å². The average Bonchev–Trinajstić information content (AvgIpc) is 2.94. The average molecular weight is 292 g/mol. The highest BCUT2D eigenvalue weighted by Crippen LogP contribution is 2.63. The van der Waals surface area contributed by atoms with Gasteiger partial charge < -0.3 is 5.32 Å². The standard InChI is InChI=1S/C17H32N4/c1-16(2)12-9-10-17(3,11-12)14(16)20-15(21-18)19-13-7-5-4-6-8-13/h12-14H,4-11,18H2,1-3H3,(H2,19,20,21). The third-order valence-electron chi connectivity index (χ3n) is 6.53. The van der Waals surface area contributed by atoms with Crippen LogP contribution in [0.15, 0.2) is 4.99 Å². The minimum atomic E-state index is 0.295. The van der Waals surface area contributed by atoms with Crippen molar-refractivity contribution in [3.63, 3.8) is 0 Å². The van der Waals surface area contributed by atoms with Crippen LogP contribution in [0, 0.1) is 16.7 Å². The van der Waals surface area contributed by atoms with Crippen molar-refractivity contribution in [3.8, 4) is 0 Å². The largest absolute Gasteiger partial charge is 0.353 e. The van der Waals surface area contributed by atoms with Crippen LogP contribution in [0.25, 0.3) is 0 Å². The van der Waals surface area contributed by atoms with Crippen LogP contribution in [-0.2, 0) is 0 Å². The number of guanidine groups is 1. The molecule has 3 atom stereocenters. The molecule has 3 unspecified atom stereocenters. The van der Waals surface area contributed by atoms with E-state index in [-0.39, 0.29) is 0 Å². The number of aliphatic imine (C=N–C) groups is 1. The highest BCUT2D eigenvalue weighted by atomic mass is 15.3. The molecule has 4 N–H and O–H groups in total. The molecule has 4 nitrogen and oxygen atoms in total. The van der Waals surface area contributed by atoms with Gasteiger partial charge >= 0.3 is 0 Å². The predicted molar refractivity (Wildman–Crippen MR) is 87.8 cm³/mol. The lowest BCUT2D eigenvalue weighted by molar-refractivity contribution is 0.141. The highest BCUT2D eigenvalue weighted by Gasteiger charge is 2.59. The molecule has 4 heteroatoms. The van der Waals surface area contributed by atoms with Crippen LogP contribution in [0.5, 0.6) is 0 Å². The number of fused-ring (bicyclic) bond motifs is 2. The first-order valence-electron chi connectivity index (χ1n) is 8.77. The summed E-state index contributed by atoms with van der Waals surface area (Å²) in [4.78, 5) is 5.06. The summed E-state index contributed by atoms with van der Waals surface area (Å²) in [6.45, 7) is 7.21. The molecule has 120 valence electrons. The van der Waals surface area contributed by atoms with Crippen molar-refractivity contribution in [1.82, 2.24) is 10.7 Å². The molecule has 0 saturated heterocycles. The minimum absolute atomic E-state index is 0.295. The number of hydrogen-bond donors (Lipinski definition) is 3. The van der Waals surface area contributed by atoms with E-state index >= 15 is 0 Å². The topological polar surface area (TPSA) is 62.4 Å². The van der Waals surface area contributed by atoms with Gasteiger partial charge in [-0.1, -0.05) is 40.0 Å². The first-order valence-corrected chi connectivity index (χ1v) is 8.77. The Morgan fingerprint density at radius 1 is 1.10 bits per heavy atom. The lowest BCUT2D eigenvalue weighted by atomic mass is 9.69. The second-order valence-corrected chi connectivity index (χ2v) is 8.42. The van der Waals surface area contributed by atoms with Crippen LogP contribution >= 0.6 is 0 Å². The molecule has 3 rings (SSSR count).